The Morgan fingerprint density at radius 1 is 0.974 bits per heavy atom. The maximum atomic E-state index is 13.9. The van der Waals surface area contributed by atoms with Gasteiger partial charge in [0, 0.05) is 19.0 Å². The van der Waals surface area contributed by atoms with E-state index in [1.54, 1.807) is 4.90 Å². The van der Waals surface area contributed by atoms with E-state index in [0.717, 1.165) is 46.8 Å². The maximum Gasteiger partial charge on any atom is 0.261 e. The van der Waals surface area contributed by atoms with E-state index < -0.39 is 6.04 Å². The van der Waals surface area contributed by atoms with E-state index in [9.17, 15) is 9.59 Å². The van der Waals surface area contributed by atoms with Crippen molar-refractivity contribution in [1.29, 1.82) is 0 Å². The number of hydrogen-bond acceptors (Lipinski definition) is 3. The molecule has 3 aromatic rings. The highest BCUT2D eigenvalue weighted by Crippen LogP contribution is 2.29. The third-order valence-electron chi connectivity index (χ3n) is 7.38. The average Bonchev–Trinajstić information content (AvgIpc) is 3.43. The second-order valence-corrected chi connectivity index (χ2v) is 11.7. The lowest BCUT2D eigenvalue weighted by Crippen LogP contribution is -2.53. The van der Waals surface area contributed by atoms with Gasteiger partial charge in [0.05, 0.1) is 4.47 Å². The van der Waals surface area contributed by atoms with Gasteiger partial charge in [0.15, 0.2) is 6.61 Å². The first-order chi connectivity index (χ1) is 18.8. The highest BCUT2D eigenvalue weighted by Gasteiger charge is 2.32. The third kappa shape index (κ3) is 8.18. The molecular weight excluding hydrogens is 552 g/mol. The van der Waals surface area contributed by atoms with Gasteiger partial charge in [0.25, 0.3) is 5.91 Å². The SMILES string of the molecule is Cc1cccc(CN(C(=O)COc2ccc(C(C)C)cc2Br)[C@@H](Cc2ccccc2)C(=O)NC2CCCC2)c1. The van der Waals surface area contributed by atoms with Crippen LogP contribution < -0.4 is 10.1 Å². The third-order valence-corrected chi connectivity index (χ3v) is 8.00. The van der Waals surface area contributed by atoms with Gasteiger partial charge >= 0.3 is 0 Å². The van der Waals surface area contributed by atoms with Crippen molar-refractivity contribution >= 4 is 27.7 Å². The van der Waals surface area contributed by atoms with Crippen molar-refractivity contribution in [3.8, 4) is 5.75 Å². The summed E-state index contributed by atoms with van der Waals surface area (Å²) in [6.45, 7) is 6.47. The van der Waals surface area contributed by atoms with E-state index in [1.807, 2.05) is 73.7 Å². The number of nitrogens with one attached hydrogen (secondary N) is 1. The molecule has 0 heterocycles. The predicted octanol–water partition coefficient (Wildman–Crippen LogP) is 6.96. The monoisotopic (exact) mass is 590 g/mol. The van der Waals surface area contributed by atoms with Gasteiger partial charge in [-0.05, 0) is 70.4 Å². The van der Waals surface area contributed by atoms with Crippen molar-refractivity contribution in [3.63, 3.8) is 0 Å². The van der Waals surface area contributed by atoms with Gasteiger partial charge in [-0.2, -0.15) is 0 Å². The molecular formula is C33H39BrN2O3. The molecule has 0 aromatic heterocycles. The Morgan fingerprint density at radius 3 is 2.36 bits per heavy atom. The number of carbonyl (C=O) groups is 2. The second-order valence-electron chi connectivity index (χ2n) is 10.8. The van der Waals surface area contributed by atoms with Crippen LogP contribution in [0.5, 0.6) is 5.75 Å². The minimum absolute atomic E-state index is 0.103. The van der Waals surface area contributed by atoms with Gasteiger partial charge in [0.2, 0.25) is 5.91 Å². The van der Waals surface area contributed by atoms with Crippen LogP contribution >= 0.6 is 15.9 Å². The molecule has 2 amide bonds. The topological polar surface area (TPSA) is 58.6 Å². The molecule has 1 aliphatic carbocycles. The Labute approximate surface area is 241 Å². The molecule has 0 saturated heterocycles. The normalized spacial score (nSPS) is 14.3. The first-order valence-electron chi connectivity index (χ1n) is 13.9. The zero-order chi connectivity index (χ0) is 27.8. The van der Waals surface area contributed by atoms with Crippen LogP contribution in [0, 0.1) is 6.92 Å². The number of carbonyl (C=O) groups excluding carboxylic acids is 2. The van der Waals surface area contributed by atoms with Gasteiger partial charge in [-0.3, -0.25) is 9.59 Å². The molecule has 6 heteroatoms. The van der Waals surface area contributed by atoms with Gasteiger partial charge in [-0.15, -0.1) is 0 Å². The van der Waals surface area contributed by atoms with Crippen LogP contribution in [-0.4, -0.2) is 35.4 Å². The quantitative estimate of drug-likeness (QED) is 0.262. The van der Waals surface area contributed by atoms with E-state index in [0.29, 0.717) is 24.6 Å². The number of rotatable bonds is 11. The number of nitrogens with zero attached hydrogens (tertiary/aromatic N) is 1. The van der Waals surface area contributed by atoms with Gasteiger partial charge in [-0.25, -0.2) is 0 Å². The smallest absolute Gasteiger partial charge is 0.261 e. The van der Waals surface area contributed by atoms with Crippen LogP contribution in [0.1, 0.15) is 67.7 Å². The van der Waals surface area contributed by atoms with Crippen LogP contribution in [0.3, 0.4) is 0 Å². The first-order valence-corrected chi connectivity index (χ1v) is 14.7. The van der Waals surface area contributed by atoms with Gasteiger partial charge in [-0.1, -0.05) is 92.9 Å². The average molecular weight is 592 g/mol. The van der Waals surface area contributed by atoms with E-state index >= 15 is 0 Å². The Morgan fingerprint density at radius 2 is 1.69 bits per heavy atom. The molecule has 0 radical (unpaired) electrons. The van der Waals surface area contributed by atoms with E-state index in [4.69, 9.17) is 4.74 Å². The lowest BCUT2D eigenvalue weighted by molar-refractivity contribution is -0.143. The van der Waals surface area contributed by atoms with Crippen LogP contribution in [0.2, 0.25) is 0 Å². The summed E-state index contributed by atoms with van der Waals surface area (Å²) in [7, 11) is 0. The molecule has 0 spiro atoms. The van der Waals surface area contributed by atoms with Crippen molar-refractivity contribution in [2.75, 3.05) is 6.61 Å². The lowest BCUT2D eigenvalue weighted by atomic mass is 10.0. The number of ether oxygens (including phenoxy) is 1. The summed E-state index contributed by atoms with van der Waals surface area (Å²) in [5, 5.41) is 3.25. The molecule has 3 aromatic carbocycles. The summed E-state index contributed by atoms with van der Waals surface area (Å²) in [5.41, 5.74) is 4.30. The van der Waals surface area contributed by atoms with Crippen LogP contribution in [0.15, 0.2) is 77.3 Å². The summed E-state index contributed by atoms with van der Waals surface area (Å²) in [6.07, 6.45) is 4.65. The fourth-order valence-electron chi connectivity index (χ4n) is 5.14. The maximum absolute atomic E-state index is 13.9. The largest absolute Gasteiger partial charge is 0.483 e. The molecule has 1 N–H and O–H groups in total. The summed E-state index contributed by atoms with van der Waals surface area (Å²) in [4.78, 5) is 29.4. The van der Waals surface area contributed by atoms with Crippen LogP contribution in [-0.2, 0) is 22.6 Å². The zero-order valence-electron chi connectivity index (χ0n) is 23.2. The van der Waals surface area contributed by atoms with Crippen molar-refractivity contribution < 1.29 is 14.3 Å². The van der Waals surface area contributed by atoms with Crippen molar-refractivity contribution in [3.05, 3.63) is 99.5 Å². The fraction of sp³-hybridized carbons (Fsp3) is 0.394. The highest BCUT2D eigenvalue weighted by atomic mass is 79.9. The van der Waals surface area contributed by atoms with Crippen molar-refractivity contribution in [2.45, 2.75) is 77.4 Å². The van der Waals surface area contributed by atoms with E-state index in [1.165, 1.54) is 5.56 Å². The number of amides is 2. The molecule has 0 aliphatic heterocycles. The summed E-state index contributed by atoms with van der Waals surface area (Å²) in [5.74, 6) is 0.672. The van der Waals surface area contributed by atoms with Gasteiger partial charge in [0.1, 0.15) is 11.8 Å². The zero-order valence-corrected chi connectivity index (χ0v) is 24.7. The molecule has 5 nitrogen and oxygen atoms in total. The lowest BCUT2D eigenvalue weighted by Gasteiger charge is -2.32. The second kappa shape index (κ2) is 13.8. The highest BCUT2D eigenvalue weighted by molar-refractivity contribution is 9.10. The predicted molar refractivity (Wildman–Crippen MR) is 160 cm³/mol. The molecule has 1 atom stereocenters. The minimum Gasteiger partial charge on any atom is -0.483 e. The van der Waals surface area contributed by atoms with Crippen LogP contribution in [0.4, 0.5) is 0 Å². The molecule has 0 bridgehead atoms. The molecule has 1 saturated carbocycles. The van der Waals surface area contributed by atoms with E-state index in [2.05, 4.69) is 41.2 Å². The number of halogens is 1. The molecule has 0 unspecified atom stereocenters. The minimum atomic E-state index is -0.656. The Balaban J connectivity index is 1.61. The van der Waals surface area contributed by atoms with E-state index in [-0.39, 0.29) is 24.5 Å². The molecule has 206 valence electrons. The van der Waals surface area contributed by atoms with Crippen molar-refractivity contribution in [2.24, 2.45) is 0 Å². The number of aryl methyl sites for hydroxylation is 1. The summed E-state index contributed by atoms with van der Waals surface area (Å²) >= 11 is 3.60. The summed E-state index contributed by atoms with van der Waals surface area (Å²) in [6, 6.07) is 23.5. The first kappa shape index (κ1) is 28.9. The Hall–Kier alpha value is -3.12. The number of hydrogen-bond donors (Lipinski definition) is 1. The van der Waals surface area contributed by atoms with Crippen molar-refractivity contribution in [1.82, 2.24) is 10.2 Å². The molecule has 39 heavy (non-hydrogen) atoms. The van der Waals surface area contributed by atoms with Crippen LogP contribution in [0.25, 0.3) is 0 Å². The van der Waals surface area contributed by atoms with Gasteiger partial charge < -0.3 is 15.0 Å². The molecule has 1 fully saturated rings. The Bertz CT molecular complexity index is 1250. The number of benzene rings is 3. The molecule has 4 rings (SSSR count). The fourth-order valence-corrected chi connectivity index (χ4v) is 5.66. The molecule has 1 aliphatic rings. The standard InChI is InChI=1S/C33H39BrN2O3/c1-23(2)27-16-17-31(29(34)20-27)39-22-32(37)36(21-26-13-9-10-24(3)18-26)30(19-25-11-5-4-6-12-25)33(38)35-28-14-7-8-15-28/h4-6,9-13,16-18,20,23,28,30H,7-8,14-15,19,21-22H2,1-3H3,(H,35,38)/t30-/m0/s1. The summed E-state index contributed by atoms with van der Waals surface area (Å²) < 4.78 is 6.83. The Kier molecular flexibility index (Phi) is 10.2.